The van der Waals surface area contributed by atoms with Crippen LogP contribution in [0.3, 0.4) is 0 Å². The van der Waals surface area contributed by atoms with Gasteiger partial charge in [0.05, 0.1) is 44.5 Å². The molecule has 3 aromatic carbocycles. The molecule has 0 unspecified atom stereocenters. The molecule has 7 rings (SSSR count). The fraction of sp³-hybridized carbons (Fsp3) is 0.316. The minimum absolute atomic E-state index is 0.0116. The third-order valence-corrected chi connectivity index (χ3v) is 12.5. The number of rotatable bonds is 18. The number of aromatic nitrogens is 6. The van der Waals surface area contributed by atoms with Gasteiger partial charge in [0.25, 0.3) is 30.4 Å². The highest BCUT2D eigenvalue weighted by atomic mass is 32.2. The number of nitrogens with zero attached hydrogens (tertiary/aromatic N) is 9. The number of morpholine rings is 2. The van der Waals surface area contributed by atoms with Gasteiger partial charge < -0.3 is 50.3 Å². The molecule has 0 spiro atoms. The van der Waals surface area contributed by atoms with Crippen molar-refractivity contribution in [2.75, 3.05) is 110 Å². The Kier molecular flexibility index (Phi) is 14.9. The molecule has 8 N–H and O–H groups in total. The summed E-state index contributed by atoms with van der Waals surface area (Å²) < 4.78 is 115. The predicted octanol–water partition coefficient (Wildman–Crippen LogP) is 1.66. The smallest absolute Gasteiger partial charge is 0.295 e. The summed E-state index contributed by atoms with van der Waals surface area (Å²) in [7, 11) is -14.3. The highest BCUT2D eigenvalue weighted by molar-refractivity contribution is 7.86. The first kappa shape index (κ1) is 47.7. The van der Waals surface area contributed by atoms with Crippen LogP contribution in [-0.4, -0.2) is 158 Å². The first-order valence-corrected chi connectivity index (χ1v) is 24.2. The van der Waals surface area contributed by atoms with Gasteiger partial charge >= 0.3 is 0 Å². The van der Waals surface area contributed by atoms with E-state index in [2.05, 4.69) is 45.9 Å². The lowest BCUT2D eigenvalue weighted by atomic mass is 10.1. The number of aliphatic hydroxyl groups is 2. The minimum atomic E-state index is -4.93. The first-order valence-electron chi connectivity index (χ1n) is 19.9. The molecule has 28 heteroatoms. The molecule has 2 aliphatic heterocycles. The molecular weight excluding hydrogens is 929 g/mol. The molecule has 5 aromatic rings. The highest BCUT2D eigenvalue weighted by Gasteiger charge is 2.23. The number of nitrogens with one attached hydrogen (secondary N) is 3. The van der Waals surface area contributed by atoms with E-state index in [0.29, 0.717) is 58.3 Å². The molecule has 0 aliphatic carbocycles. The van der Waals surface area contributed by atoms with Gasteiger partial charge in [0.1, 0.15) is 9.79 Å². The molecule has 0 radical (unpaired) electrons. The zero-order valence-electron chi connectivity index (χ0n) is 34.7. The van der Waals surface area contributed by atoms with Crippen molar-refractivity contribution >= 4 is 95.3 Å². The lowest BCUT2D eigenvalue weighted by Gasteiger charge is -2.28. The van der Waals surface area contributed by atoms with Crippen molar-refractivity contribution in [1.82, 2.24) is 29.9 Å². The number of benzene rings is 3. The summed E-state index contributed by atoms with van der Waals surface area (Å²) in [5, 5.41) is 28.1. The highest BCUT2D eigenvalue weighted by Crippen LogP contribution is 2.30. The molecule has 4 heterocycles. The first-order chi connectivity index (χ1) is 31.5. The predicted molar refractivity (Wildman–Crippen MR) is 240 cm³/mol. The van der Waals surface area contributed by atoms with Gasteiger partial charge in [0.2, 0.25) is 35.7 Å². The van der Waals surface area contributed by atoms with Crippen LogP contribution in [0.2, 0.25) is 0 Å². The lowest BCUT2D eigenvalue weighted by Crippen LogP contribution is -2.38. The molecule has 2 aromatic heterocycles. The van der Waals surface area contributed by atoms with Gasteiger partial charge in [-0.2, -0.15) is 55.2 Å². The van der Waals surface area contributed by atoms with Crippen molar-refractivity contribution in [1.29, 1.82) is 0 Å². The Hall–Kier alpha value is -6.21. The molecule has 2 saturated heterocycles. The summed E-state index contributed by atoms with van der Waals surface area (Å²) in [5.74, 6) is 0.537. The Bertz CT molecular complexity index is 2900. The summed E-state index contributed by atoms with van der Waals surface area (Å²) in [5.41, 5.74) is 0.443. The second-order valence-electron chi connectivity index (χ2n) is 14.3. The van der Waals surface area contributed by atoms with Gasteiger partial charge in [0.15, 0.2) is 0 Å². The molecule has 352 valence electrons. The molecule has 0 saturated carbocycles. The number of hydrogen-bond donors (Lipinski definition) is 8. The number of anilines is 9. The fourth-order valence-corrected chi connectivity index (χ4v) is 8.51. The minimum Gasteiger partial charge on any atom is -0.395 e. The van der Waals surface area contributed by atoms with Crippen LogP contribution < -0.4 is 30.7 Å². The third-order valence-electron chi connectivity index (χ3n) is 9.79. The van der Waals surface area contributed by atoms with Gasteiger partial charge in [-0.3, -0.25) is 13.7 Å². The van der Waals surface area contributed by atoms with E-state index in [4.69, 9.17) is 9.47 Å². The molecule has 66 heavy (non-hydrogen) atoms. The Balaban J connectivity index is 1.17. The molecule has 2 aliphatic rings. The molecule has 2 fully saturated rings. The maximum absolute atomic E-state index is 12.8. The van der Waals surface area contributed by atoms with Crippen molar-refractivity contribution < 1.29 is 58.6 Å². The largest absolute Gasteiger partial charge is 0.395 e. The maximum atomic E-state index is 12.8. The van der Waals surface area contributed by atoms with E-state index in [1.165, 1.54) is 60.7 Å². The molecule has 25 nitrogen and oxygen atoms in total. The molecule has 0 bridgehead atoms. The zero-order valence-corrected chi connectivity index (χ0v) is 37.1. The van der Waals surface area contributed by atoms with Crippen LogP contribution in [0.1, 0.15) is 11.1 Å². The normalized spacial score (nSPS) is 14.9. The van der Waals surface area contributed by atoms with Crippen molar-refractivity contribution in [2.24, 2.45) is 0 Å². The number of hydrogen-bond acceptors (Lipinski definition) is 22. The summed E-state index contributed by atoms with van der Waals surface area (Å²) in [6, 6.07) is 12.9. The standard InChI is InChI=1S/C38H44N12O13S3/c51-17-11-48(12-18-52)37-45-35(46-38(47-37)50-15-21-63-22-16-50)41-29-6-4-26(32(24-29)66(59,60)61)2-1-25-3-5-28(23-31(25)65(56,57)58)40-34-42-33(43-36(44-34)49-13-19-62-20-14-49)39-27-7-9-30(10-8-27)64(53,54)55/h1-10,23-24,51-52H,11-22H2,(H,53,54,55)(H,56,57,58)(H,59,60,61)(H,41,45,46,47)(H2,39,40,42,43,44)/b2-1+. The van der Waals surface area contributed by atoms with Gasteiger partial charge in [-0.15, -0.1) is 0 Å². The molecule has 0 amide bonds. The van der Waals surface area contributed by atoms with Crippen molar-refractivity contribution in [3.05, 3.63) is 71.8 Å². The lowest BCUT2D eigenvalue weighted by molar-refractivity contribution is 0.122. The average Bonchev–Trinajstić information content (AvgIpc) is 3.28. The SMILES string of the molecule is O=S(=O)(O)c1ccc(Nc2nc(Nc3ccc(/C=C/c4ccc(Nc5nc(N(CCO)CCO)nc(N6CCOCC6)n5)cc4S(=O)(=O)O)c(S(=O)(=O)O)c3)nc(N3CCOCC3)n2)cc1. The van der Waals surface area contributed by atoms with Gasteiger partial charge in [-0.25, -0.2) is 0 Å². The Labute approximate surface area is 378 Å². The van der Waals surface area contributed by atoms with Crippen LogP contribution in [0.15, 0.2) is 75.4 Å². The van der Waals surface area contributed by atoms with Crippen LogP contribution in [0.5, 0.6) is 0 Å². The van der Waals surface area contributed by atoms with E-state index < -0.39 is 40.1 Å². The Morgan fingerprint density at radius 3 is 1.38 bits per heavy atom. The van der Waals surface area contributed by atoms with Crippen LogP contribution in [-0.2, 0) is 39.8 Å². The van der Waals surface area contributed by atoms with Crippen LogP contribution in [0.4, 0.5) is 52.8 Å². The monoisotopic (exact) mass is 972 g/mol. The van der Waals surface area contributed by atoms with Gasteiger partial charge in [-0.1, -0.05) is 24.3 Å². The van der Waals surface area contributed by atoms with Crippen LogP contribution >= 0.6 is 0 Å². The van der Waals surface area contributed by atoms with Crippen molar-refractivity contribution in [3.8, 4) is 0 Å². The summed E-state index contributed by atoms with van der Waals surface area (Å²) >= 11 is 0. The van der Waals surface area contributed by atoms with E-state index in [1.807, 2.05) is 9.80 Å². The van der Waals surface area contributed by atoms with Crippen LogP contribution in [0, 0.1) is 0 Å². The van der Waals surface area contributed by atoms with E-state index in [0.717, 1.165) is 12.1 Å². The van der Waals surface area contributed by atoms with Gasteiger partial charge in [-0.05, 0) is 59.7 Å². The summed E-state index contributed by atoms with van der Waals surface area (Å²) in [6.45, 7) is 3.08. The second kappa shape index (κ2) is 20.5. The summed E-state index contributed by atoms with van der Waals surface area (Å²) in [4.78, 5) is 30.5. The molecule has 0 atom stereocenters. The Morgan fingerprint density at radius 1 is 0.545 bits per heavy atom. The Morgan fingerprint density at radius 2 is 0.955 bits per heavy atom. The van der Waals surface area contributed by atoms with Crippen molar-refractivity contribution in [2.45, 2.75) is 14.7 Å². The topological polar surface area (TPSA) is 345 Å². The molecular formula is C38H44N12O13S3. The van der Waals surface area contributed by atoms with Crippen molar-refractivity contribution in [3.63, 3.8) is 0 Å². The van der Waals surface area contributed by atoms with E-state index in [9.17, 15) is 49.1 Å². The summed E-state index contributed by atoms with van der Waals surface area (Å²) in [6.07, 6.45) is 2.45. The zero-order chi connectivity index (χ0) is 47.1. The quantitative estimate of drug-likeness (QED) is 0.0457. The fourth-order valence-electron chi connectivity index (χ4n) is 6.61. The van der Waals surface area contributed by atoms with E-state index in [-0.39, 0.29) is 89.4 Å². The van der Waals surface area contributed by atoms with Gasteiger partial charge in [0, 0.05) is 56.3 Å². The maximum Gasteiger partial charge on any atom is 0.295 e. The average molecular weight is 973 g/mol. The number of aliphatic hydroxyl groups excluding tert-OH is 2. The van der Waals surface area contributed by atoms with Crippen LogP contribution in [0.25, 0.3) is 12.2 Å². The number of ether oxygens (including phenoxy) is 2. The van der Waals surface area contributed by atoms with E-state index in [1.54, 1.807) is 4.90 Å². The van der Waals surface area contributed by atoms with E-state index >= 15 is 0 Å². The second-order valence-corrected chi connectivity index (χ2v) is 18.5. The third kappa shape index (κ3) is 12.4.